The van der Waals surface area contributed by atoms with Crippen LogP contribution in [-0.2, 0) is 10.0 Å². The number of benzene rings is 2. The van der Waals surface area contributed by atoms with Crippen molar-refractivity contribution in [1.29, 1.82) is 0 Å². The Morgan fingerprint density at radius 3 is 2.17 bits per heavy atom. The van der Waals surface area contributed by atoms with Gasteiger partial charge in [-0.05, 0) is 25.1 Å². The van der Waals surface area contributed by atoms with Crippen molar-refractivity contribution in [3.05, 3.63) is 73.8 Å². The molecule has 124 valence electrons. The third kappa shape index (κ3) is 3.79. The SMILES string of the molecule is Cc1ccc(S(=O)(=O)/N=C/c2ccc([N+](=O)[O-])cc2[N+](=O)[O-])cc1. The van der Waals surface area contributed by atoms with Crippen molar-refractivity contribution in [3.8, 4) is 0 Å². The largest absolute Gasteiger partial charge is 0.285 e. The van der Waals surface area contributed by atoms with Crippen molar-refractivity contribution < 1.29 is 18.3 Å². The Hall–Kier alpha value is -3.14. The highest BCUT2D eigenvalue weighted by Gasteiger charge is 2.19. The molecule has 0 fully saturated rings. The summed E-state index contributed by atoms with van der Waals surface area (Å²) in [6, 6.07) is 8.78. The molecule has 0 radical (unpaired) electrons. The van der Waals surface area contributed by atoms with Crippen LogP contribution in [0.1, 0.15) is 11.1 Å². The van der Waals surface area contributed by atoms with Gasteiger partial charge in [-0.15, -0.1) is 0 Å². The molecule has 0 amide bonds. The second-order valence-corrected chi connectivity index (χ2v) is 6.41. The molecule has 2 rings (SSSR count). The topological polar surface area (TPSA) is 133 Å². The minimum absolute atomic E-state index is 0.0612. The van der Waals surface area contributed by atoms with Gasteiger partial charge < -0.3 is 0 Å². The molecule has 0 heterocycles. The van der Waals surface area contributed by atoms with Gasteiger partial charge in [-0.1, -0.05) is 17.7 Å². The lowest BCUT2D eigenvalue weighted by atomic mass is 10.2. The Kier molecular flexibility index (Phi) is 4.69. The van der Waals surface area contributed by atoms with Crippen molar-refractivity contribution in [2.75, 3.05) is 0 Å². The highest BCUT2D eigenvalue weighted by Crippen LogP contribution is 2.24. The number of nitro groups is 2. The number of nitro benzene ring substituents is 2. The fourth-order valence-corrected chi connectivity index (χ4v) is 2.66. The van der Waals surface area contributed by atoms with Crippen molar-refractivity contribution in [3.63, 3.8) is 0 Å². The number of hydrogen-bond acceptors (Lipinski definition) is 6. The molecule has 24 heavy (non-hydrogen) atoms. The minimum Gasteiger partial charge on any atom is -0.258 e. The second kappa shape index (κ2) is 6.54. The number of nitrogens with zero attached hydrogens (tertiary/aromatic N) is 3. The molecule has 0 aliphatic heterocycles. The summed E-state index contributed by atoms with van der Waals surface area (Å²) in [5.74, 6) is 0. The Morgan fingerprint density at radius 1 is 1.00 bits per heavy atom. The molecule has 0 aliphatic rings. The summed E-state index contributed by atoms with van der Waals surface area (Å²) in [4.78, 5) is 20.0. The molecule has 10 heteroatoms. The average Bonchev–Trinajstić information content (AvgIpc) is 2.53. The van der Waals surface area contributed by atoms with Gasteiger partial charge >= 0.3 is 0 Å². The molecular formula is C14H11N3O6S. The van der Waals surface area contributed by atoms with E-state index in [9.17, 15) is 28.6 Å². The Morgan fingerprint density at radius 2 is 1.62 bits per heavy atom. The lowest BCUT2D eigenvalue weighted by Gasteiger charge is -2.00. The van der Waals surface area contributed by atoms with Crippen LogP contribution in [0.4, 0.5) is 11.4 Å². The van der Waals surface area contributed by atoms with Crippen molar-refractivity contribution in [2.45, 2.75) is 11.8 Å². The summed E-state index contributed by atoms with van der Waals surface area (Å²) in [5.41, 5.74) is -0.363. The number of rotatable bonds is 5. The van der Waals surface area contributed by atoms with Gasteiger partial charge in [0.25, 0.3) is 21.4 Å². The van der Waals surface area contributed by atoms with Gasteiger partial charge in [-0.3, -0.25) is 20.2 Å². The zero-order chi connectivity index (χ0) is 17.9. The van der Waals surface area contributed by atoms with E-state index in [0.717, 1.165) is 30.0 Å². The molecule has 0 N–H and O–H groups in total. The second-order valence-electron chi connectivity index (χ2n) is 4.78. The smallest absolute Gasteiger partial charge is 0.258 e. The van der Waals surface area contributed by atoms with Gasteiger partial charge in [0, 0.05) is 6.07 Å². The maximum atomic E-state index is 12.1. The maximum Gasteiger partial charge on any atom is 0.285 e. The summed E-state index contributed by atoms with van der Waals surface area (Å²) >= 11 is 0. The van der Waals surface area contributed by atoms with Crippen LogP contribution in [-0.4, -0.2) is 24.5 Å². The molecule has 2 aromatic rings. The average molecular weight is 349 g/mol. The Labute approximate surface area is 136 Å². The fraction of sp³-hybridized carbons (Fsp3) is 0.0714. The molecule has 0 saturated carbocycles. The number of non-ortho nitro benzene ring substituents is 1. The minimum atomic E-state index is -4.03. The molecule has 0 saturated heterocycles. The lowest BCUT2D eigenvalue weighted by Crippen LogP contribution is -2.00. The molecule has 0 unspecified atom stereocenters. The summed E-state index contributed by atoms with van der Waals surface area (Å²) in [7, 11) is -4.03. The van der Waals surface area contributed by atoms with Gasteiger partial charge in [0.15, 0.2) is 0 Å². The first-order valence-corrected chi connectivity index (χ1v) is 7.94. The standard InChI is InChI=1S/C14H11N3O6S/c1-10-2-6-13(7-3-10)24(22,23)15-9-11-4-5-12(16(18)19)8-14(11)17(20)21/h2-9H,1H3/b15-9+. The zero-order valence-corrected chi connectivity index (χ0v) is 13.1. The zero-order valence-electron chi connectivity index (χ0n) is 12.3. The van der Waals surface area contributed by atoms with Crippen molar-refractivity contribution in [2.24, 2.45) is 4.40 Å². The molecule has 0 bridgehead atoms. The Balaban J connectivity index is 2.42. The molecule has 0 aliphatic carbocycles. The van der Waals surface area contributed by atoms with Crippen LogP contribution in [0.15, 0.2) is 51.8 Å². The third-order valence-electron chi connectivity index (χ3n) is 3.07. The van der Waals surface area contributed by atoms with E-state index in [0.29, 0.717) is 0 Å². The first-order chi connectivity index (χ1) is 11.2. The van der Waals surface area contributed by atoms with Gasteiger partial charge in [-0.2, -0.15) is 12.8 Å². The third-order valence-corrected chi connectivity index (χ3v) is 4.32. The van der Waals surface area contributed by atoms with Crippen LogP contribution in [0.2, 0.25) is 0 Å². The van der Waals surface area contributed by atoms with Crippen molar-refractivity contribution in [1.82, 2.24) is 0 Å². The van der Waals surface area contributed by atoms with Crippen LogP contribution in [0.25, 0.3) is 0 Å². The fourth-order valence-electron chi connectivity index (χ4n) is 1.81. The van der Waals surface area contributed by atoms with Gasteiger partial charge in [0.05, 0.1) is 32.6 Å². The first-order valence-electron chi connectivity index (χ1n) is 6.50. The van der Waals surface area contributed by atoms with Crippen LogP contribution < -0.4 is 0 Å². The van der Waals surface area contributed by atoms with E-state index >= 15 is 0 Å². The van der Waals surface area contributed by atoms with Gasteiger partial charge in [-0.25, -0.2) is 0 Å². The van der Waals surface area contributed by atoms with Crippen LogP contribution >= 0.6 is 0 Å². The van der Waals surface area contributed by atoms with E-state index in [1.165, 1.54) is 12.1 Å². The molecule has 0 aromatic heterocycles. The number of aryl methyl sites for hydroxylation is 1. The van der Waals surface area contributed by atoms with Gasteiger partial charge in [0.2, 0.25) is 0 Å². The monoisotopic (exact) mass is 349 g/mol. The van der Waals surface area contributed by atoms with E-state index in [-0.39, 0.29) is 10.5 Å². The van der Waals surface area contributed by atoms with E-state index in [4.69, 9.17) is 0 Å². The highest BCUT2D eigenvalue weighted by molar-refractivity contribution is 7.90. The predicted octanol–water partition coefficient (Wildman–Crippen LogP) is 2.62. The van der Waals surface area contributed by atoms with Crippen LogP contribution in [0.3, 0.4) is 0 Å². The summed E-state index contributed by atoms with van der Waals surface area (Å²) in [5, 5.41) is 21.7. The predicted molar refractivity (Wildman–Crippen MR) is 85.7 cm³/mol. The van der Waals surface area contributed by atoms with Crippen LogP contribution in [0, 0.1) is 27.2 Å². The summed E-state index contributed by atoms with van der Waals surface area (Å²) in [6.45, 7) is 1.79. The number of hydrogen-bond donors (Lipinski definition) is 0. The lowest BCUT2D eigenvalue weighted by molar-refractivity contribution is -0.394. The normalized spacial score (nSPS) is 11.5. The van der Waals surface area contributed by atoms with Crippen molar-refractivity contribution >= 4 is 27.6 Å². The Bertz CT molecular complexity index is 935. The van der Waals surface area contributed by atoms with Gasteiger partial charge in [0.1, 0.15) is 0 Å². The van der Waals surface area contributed by atoms with Crippen LogP contribution in [0.5, 0.6) is 0 Å². The maximum absolute atomic E-state index is 12.1. The quantitative estimate of drug-likeness (QED) is 0.463. The summed E-state index contributed by atoms with van der Waals surface area (Å²) in [6.07, 6.45) is 0.803. The molecule has 0 spiro atoms. The van der Waals surface area contributed by atoms with E-state index in [2.05, 4.69) is 4.40 Å². The van der Waals surface area contributed by atoms with E-state index in [1.54, 1.807) is 19.1 Å². The molecule has 0 atom stereocenters. The summed E-state index contributed by atoms with van der Waals surface area (Å²) < 4.78 is 27.6. The number of sulfonamides is 1. The molecule has 2 aromatic carbocycles. The highest BCUT2D eigenvalue weighted by atomic mass is 32.2. The molecular weight excluding hydrogens is 338 g/mol. The molecule has 9 nitrogen and oxygen atoms in total. The van der Waals surface area contributed by atoms with E-state index < -0.39 is 31.2 Å². The van der Waals surface area contributed by atoms with E-state index in [1.807, 2.05) is 0 Å². The first kappa shape index (κ1) is 17.2.